The number of para-hydroxylation sites is 1. The number of nitrogens with one attached hydrogen (secondary N) is 1. The van der Waals surface area contributed by atoms with E-state index in [1.165, 1.54) is 5.56 Å². The van der Waals surface area contributed by atoms with Gasteiger partial charge in [-0.25, -0.2) is 0 Å². The van der Waals surface area contributed by atoms with Crippen molar-refractivity contribution in [2.75, 3.05) is 23.7 Å². The second kappa shape index (κ2) is 8.72. The van der Waals surface area contributed by atoms with Gasteiger partial charge in [0.2, 0.25) is 11.8 Å². The number of rotatable bonds is 7. The second-order valence-electron chi connectivity index (χ2n) is 5.99. The molecule has 1 aliphatic heterocycles. The zero-order chi connectivity index (χ0) is 17.5. The van der Waals surface area contributed by atoms with Gasteiger partial charge in [-0.1, -0.05) is 42.5 Å². The molecule has 0 unspecified atom stereocenters. The molecular weight excluding hydrogens is 332 g/mol. The first kappa shape index (κ1) is 17.5. The molecule has 0 bridgehead atoms. The van der Waals surface area contributed by atoms with E-state index in [2.05, 4.69) is 17.4 Å². The van der Waals surface area contributed by atoms with Crippen molar-refractivity contribution in [3.05, 3.63) is 60.2 Å². The van der Waals surface area contributed by atoms with Crippen LogP contribution in [0.25, 0.3) is 0 Å². The van der Waals surface area contributed by atoms with Gasteiger partial charge in [-0.05, 0) is 30.5 Å². The molecule has 0 radical (unpaired) electrons. The minimum absolute atomic E-state index is 0.0445. The summed E-state index contributed by atoms with van der Waals surface area (Å²) in [5.74, 6) is 0.636. The van der Waals surface area contributed by atoms with Crippen LogP contribution < -0.4 is 10.2 Å². The number of amides is 2. The Kier molecular flexibility index (Phi) is 6.12. The summed E-state index contributed by atoms with van der Waals surface area (Å²) in [6.07, 6.45) is 1.94. The molecule has 1 N–H and O–H groups in total. The summed E-state index contributed by atoms with van der Waals surface area (Å²) < 4.78 is 0. The van der Waals surface area contributed by atoms with Crippen molar-refractivity contribution in [3.63, 3.8) is 0 Å². The van der Waals surface area contributed by atoms with Crippen molar-refractivity contribution in [1.29, 1.82) is 0 Å². The normalized spacial score (nSPS) is 13.4. The summed E-state index contributed by atoms with van der Waals surface area (Å²) in [6, 6.07) is 18.1. The average Bonchev–Trinajstić information content (AvgIpc) is 2.64. The van der Waals surface area contributed by atoms with Crippen LogP contribution in [0.2, 0.25) is 0 Å². The van der Waals surface area contributed by atoms with E-state index in [0.717, 1.165) is 17.0 Å². The van der Waals surface area contributed by atoms with Gasteiger partial charge in [0.25, 0.3) is 0 Å². The Morgan fingerprint density at radius 3 is 2.68 bits per heavy atom. The van der Waals surface area contributed by atoms with Gasteiger partial charge in [-0.3, -0.25) is 9.59 Å². The fourth-order valence-corrected chi connectivity index (χ4v) is 3.81. The number of hydrogen-bond acceptors (Lipinski definition) is 3. The van der Waals surface area contributed by atoms with Crippen LogP contribution in [-0.4, -0.2) is 30.7 Å². The quantitative estimate of drug-likeness (QED) is 0.830. The maximum atomic E-state index is 12.2. The standard InChI is InChI=1S/C20H22N2O2S/c23-19(21-13-12-16-7-2-1-3-8-16)11-6-14-22-17-9-4-5-10-18(17)25-15-20(22)24/h1-5,7-10H,6,11-15H2,(H,21,23). The van der Waals surface area contributed by atoms with E-state index in [0.29, 0.717) is 31.7 Å². The Labute approximate surface area is 152 Å². The van der Waals surface area contributed by atoms with Crippen LogP contribution in [0.4, 0.5) is 5.69 Å². The zero-order valence-electron chi connectivity index (χ0n) is 14.1. The molecule has 3 rings (SSSR count). The van der Waals surface area contributed by atoms with Crippen molar-refractivity contribution in [2.45, 2.75) is 24.2 Å². The van der Waals surface area contributed by atoms with E-state index >= 15 is 0 Å². The number of thioether (sulfide) groups is 1. The summed E-state index contributed by atoms with van der Waals surface area (Å²) in [4.78, 5) is 27.1. The van der Waals surface area contributed by atoms with Gasteiger partial charge in [0, 0.05) is 24.4 Å². The third kappa shape index (κ3) is 4.86. The molecule has 5 heteroatoms. The Morgan fingerprint density at radius 2 is 1.84 bits per heavy atom. The Bertz CT molecular complexity index is 733. The van der Waals surface area contributed by atoms with Crippen molar-refractivity contribution < 1.29 is 9.59 Å². The van der Waals surface area contributed by atoms with E-state index in [1.54, 1.807) is 11.8 Å². The van der Waals surface area contributed by atoms with Gasteiger partial charge >= 0.3 is 0 Å². The minimum atomic E-state index is 0.0445. The Balaban J connectivity index is 1.42. The van der Waals surface area contributed by atoms with Crippen molar-refractivity contribution in [1.82, 2.24) is 5.32 Å². The Hall–Kier alpha value is -2.27. The third-order valence-corrected chi connectivity index (χ3v) is 5.22. The molecule has 4 nitrogen and oxygen atoms in total. The number of anilines is 1. The highest BCUT2D eigenvalue weighted by Crippen LogP contribution is 2.34. The molecule has 130 valence electrons. The molecule has 1 heterocycles. The van der Waals surface area contributed by atoms with E-state index in [9.17, 15) is 9.59 Å². The van der Waals surface area contributed by atoms with Gasteiger partial charge in [-0.15, -0.1) is 11.8 Å². The Morgan fingerprint density at radius 1 is 1.08 bits per heavy atom. The van der Waals surface area contributed by atoms with Crippen LogP contribution >= 0.6 is 11.8 Å². The number of benzene rings is 2. The van der Waals surface area contributed by atoms with E-state index < -0.39 is 0 Å². The van der Waals surface area contributed by atoms with Crippen LogP contribution in [-0.2, 0) is 16.0 Å². The van der Waals surface area contributed by atoms with E-state index in [1.807, 2.05) is 47.4 Å². The SMILES string of the molecule is O=C(CCCN1C(=O)CSc2ccccc21)NCCc1ccccc1. The summed E-state index contributed by atoms with van der Waals surface area (Å²) in [5, 5.41) is 2.95. The molecule has 0 aliphatic carbocycles. The molecule has 0 aromatic heterocycles. The largest absolute Gasteiger partial charge is 0.356 e. The molecule has 2 amide bonds. The first-order chi connectivity index (χ1) is 12.2. The highest BCUT2D eigenvalue weighted by atomic mass is 32.2. The predicted octanol–water partition coefficient (Wildman–Crippen LogP) is 3.26. The summed E-state index contributed by atoms with van der Waals surface area (Å²) >= 11 is 1.58. The van der Waals surface area contributed by atoms with Crippen LogP contribution in [0.1, 0.15) is 18.4 Å². The number of nitrogens with zero attached hydrogens (tertiary/aromatic N) is 1. The zero-order valence-corrected chi connectivity index (χ0v) is 14.9. The smallest absolute Gasteiger partial charge is 0.237 e. The summed E-state index contributed by atoms with van der Waals surface area (Å²) in [7, 11) is 0. The lowest BCUT2D eigenvalue weighted by atomic mass is 10.1. The van der Waals surface area contributed by atoms with Gasteiger partial charge in [0.05, 0.1) is 11.4 Å². The molecule has 1 aliphatic rings. The molecule has 0 saturated carbocycles. The van der Waals surface area contributed by atoms with Gasteiger partial charge in [-0.2, -0.15) is 0 Å². The number of carbonyl (C=O) groups excluding carboxylic acids is 2. The van der Waals surface area contributed by atoms with Crippen molar-refractivity contribution >= 4 is 29.3 Å². The van der Waals surface area contributed by atoms with Crippen LogP contribution in [0.15, 0.2) is 59.5 Å². The van der Waals surface area contributed by atoms with Crippen LogP contribution in [0.5, 0.6) is 0 Å². The summed E-state index contributed by atoms with van der Waals surface area (Å²) in [5.41, 5.74) is 2.18. The summed E-state index contributed by atoms with van der Waals surface area (Å²) in [6.45, 7) is 1.23. The topological polar surface area (TPSA) is 49.4 Å². The van der Waals surface area contributed by atoms with Gasteiger partial charge < -0.3 is 10.2 Å². The third-order valence-electron chi connectivity index (χ3n) is 4.17. The fraction of sp³-hybridized carbons (Fsp3) is 0.300. The molecule has 25 heavy (non-hydrogen) atoms. The highest BCUT2D eigenvalue weighted by Gasteiger charge is 2.23. The van der Waals surface area contributed by atoms with Crippen LogP contribution in [0, 0.1) is 0 Å². The monoisotopic (exact) mass is 354 g/mol. The number of fused-ring (bicyclic) bond motifs is 1. The molecule has 0 fully saturated rings. The second-order valence-corrected chi connectivity index (χ2v) is 7.01. The molecule has 0 saturated heterocycles. The maximum Gasteiger partial charge on any atom is 0.237 e. The lowest BCUT2D eigenvalue weighted by Gasteiger charge is -2.28. The van der Waals surface area contributed by atoms with Crippen LogP contribution in [0.3, 0.4) is 0 Å². The van der Waals surface area contributed by atoms with Crippen molar-refractivity contribution in [2.24, 2.45) is 0 Å². The minimum Gasteiger partial charge on any atom is -0.356 e. The van der Waals surface area contributed by atoms with Gasteiger partial charge in [0.15, 0.2) is 0 Å². The van der Waals surface area contributed by atoms with E-state index in [-0.39, 0.29) is 11.8 Å². The number of carbonyl (C=O) groups is 2. The first-order valence-corrected chi connectivity index (χ1v) is 9.55. The van der Waals surface area contributed by atoms with Gasteiger partial charge in [0.1, 0.15) is 0 Å². The average molecular weight is 354 g/mol. The molecule has 0 atom stereocenters. The number of hydrogen-bond donors (Lipinski definition) is 1. The fourth-order valence-electron chi connectivity index (χ4n) is 2.88. The lowest BCUT2D eigenvalue weighted by Crippen LogP contribution is -2.36. The molecule has 2 aromatic carbocycles. The molecule has 0 spiro atoms. The lowest BCUT2D eigenvalue weighted by molar-refractivity contribution is -0.121. The first-order valence-electron chi connectivity index (χ1n) is 8.57. The predicted molar refractivity (Wildman–Crippen MR) is 102 cm³/mol. The molecule has 2 aromatic rings. The maximum absolute atomic E-state index is 12.2. The highest BCUT2D eigenvalue weighted by molar-refractivity contribution is 8.00. The van der Waals surface area contributed by atoms with Crippen molar-refractivity contribution in [3.8, 4) is 0 Å². The molecular formula is C20H22N2O2S. The van der Waals surface area contributed by atoms with E-state index in [4.69, 9.17) is 0 Å².